The van der Waals surface area contributed by atoms with Gasteiger partial charge < -0.3 is 15.5 Å². The molecule has 25 heavy (non-hydrogen) atoms. The van der Waals surface area contributed by atoms with Crippen molar-refractivity contribution in [2.45, 2.75) is 65.2 Å². The predicted molar refractivity (Wildman–Crippen MR) is 104 cm³/mol. The third-order valence-corrected chi connectivity index (χ3v) is 9.35. The zero-order valence-corrected chi connectivity index (χ0v) is 17.5. The minimum atomic E-state index is -1.89. The molecule has 6 heteroatoms. The number of hydrogen-bond acceptors (Lipinski definition) is 3. The molecule has 0 saturated carbocycles. The number of amides is 2. The topological polar surface area (TPSA) is 81.4 Å². The second-order valence-corrected chi connectivity index (χ2v) is 13.0. The van der Waals surface area contributed by atoms with Crippen LogP contribution in [0.25, 0.3) is 0 Å². The number of nitrogens with two attached hydrogens (primary N) is 1. The fourth-order valence-corrected chi connectivity index (χ4v) is 3.34. The minimum Gasteiger partial charge on any atom is -0.417 e. The molecule has 0 aliphatic carbocycles. The summed E-state index contributed by atoms with van der Waals surface area (Å²) < 4.78 is 6.08. The molecule has 5 nitrogen and oxygen atoms in total. The summed E-state index contributed by atoms with van der Waals surface area (Å²) in [5.41, 5.74) is 8.00. The van der Waals surface area contributed by atoms with Gasteiger partial charge >= 0.3 is 0 Å². The molecular weight excluding hydrogens is 332 g/mol. The van der Waals surface area contributed by atoms with Crippen LogP contribution in [-0.2, 0) is 9.22 Å². The van der Waals surface area contributed by atoms with Gasteiger partial charge in [-0.2, -0.15) is 0 Å². The van der Waals surface area contributed by atoms with Gasteiger partial charge in [-0.1, -0.05) is 38.0 Å². The highest BCUT2D eigenvalue weighted by Crippen LogP contribution is 2.36. The first-order chi connectivity index (χ1) is 11.3. The van der Waals surface area contributed by atoms with E-state index in [2.05, 4.69) is 39.2 Å². The summed E-state index contributed by atoms with van der Waals surface area (Å²) in [6.07, 6.45) is 0.373. The maximum atomic E-state index is 12.4. The largest absolute Gasteiger partial charge is 0.417 e. The molecule has 0 bridgehead atoms. The Labute approximate surface area is 152 Å². The van der Waals surface area contributed by atoms with Crippen molar-refractivity contribution in [2.24, 2.45) is 5.73 Å². The average molecular weight is 365 g/mol. The lowest BCUT2D eigenvalue weighted by molar-refractivity contribution is -0.120. The molecule has 0 fully saturated rings. The van der Waals surface area contributed by atoms with Gasteiger partial charge in [0.25, 0.3) is 5.91 Å². The molecule has 0 aliphatic rings. The van der Waals surface area contributed by atoms with E-state index in [1.54, 1.807) is 12.1 Å². The Kier molecular flexibility index (Phi) is 6.96. The number of benzene rings is 1. The van der Waals surface area contributed by atoms with Crippen LogP contribution in [-0.4, -0.2) is 32.8 Å². The van der Waals surface area contributed by atoms with Crippen LogP contribution in [0.1, 0.15) is 48.7 Å². The Balaban J connectivity index is 2.72. The Morgan fingerprint density at radius 3 is 2.12 bits per heavy atom. The fraction of sp³-hybridized carbons (Fsp3) is 0.579. The van der Waals surface area contributed by atoms with Crippen LogP contribution in [0.4, 0.5) is 0 Å². The molecule has 1 aromatic rings. The van der Waals surface area contributed by atoms with Crippen LogP contribution in [0.15, 0.2) is 18.2 Å². The molecule has 1 atom stereocenters. The third-order valence-electron chi connectivity index (χ3n) is 4.81. The van der Waals surface area contributed by atoms with Crippen LogP contribution in [0.3, 0.4) is 0 Å². The van der Waals surface area contributed by atoms with Gasteiger partial charge in [0.2, 0.25) is 5.91 Å². The summed E-state index contributed by atoms with van der Waals surface area (Å²) in [5.74, 6) is -0.834. The number of primary amides is 1. The lowest BCUT2D eigenvalue weighted by Gasteiger charge is -2.36. The first-order valence-electron chi connectivity index (χ1n) is 8.66. The van der Waals surface area contributed by atoms with Crippen LogP contribution < -0.4 is 11.1 Å². The maximum absolute atomic E-state index is 12.4. The molecular formula is C19H32N2O3Si. The van der Waals surface area contributed by atoms with Crippen molar-refractivity contribution in [3.05, 3.63) is 34.9 Å². The normalized spacial score (nSPS) is 13.4. The number of aryl methyl sites for hydroxylation is 2. The third kappa shape index (κ3) is 6.29. The maximum Gasteiger partial charge on any atom is 0.251 e. The standard InChI is InChI=1S/C19H32N2O3Si/c1-13-10-14(2)12-15(11-13)18(23)21-16(17(20)22)8-9-24-25(6,7)19(3,4)5/h10-12,16H,8-9H2,1-7H3,(H2,20,22)(H,21,23)/t16-/m1/s1. The molecule has 0 unspecified atom stereocenters. The lowest BCUT2D eigenvalue weighted by atomic mass is 10.1. The molecule has 140 valence electrons. The summed E-state index contributed by atoms with van der Waals surface area (Å²) in [6.45, 7) is 15.1. The van der Waals surface area contributed by atoms with E-state index >= 15 is 0 Å². The Morgan fingerprint density at radius 2 is 1.68 bits per heavy atom. The highest BCUT2D eigenvalue weighted by molar-refractivity contribution is 6.74. The van der Waals surface area contributed by atoms with Crippen molar-refractivity contribution >= 4 is 20.1 Å². The molecule has 1 aromatic carbocycles. The van der Waals surface area contributed by atoms with Gasteiger partial charge in [0.1, 0.15) is 6.04 Å². The highest BCUT2D eigenvalue weighted by Gasteiger charge is 2.37. The van der Waals surface area contributed by atoms with E-state index in [9.17, 15) is 9.59 Å². The van der Waals surface area contributed by atoms with E-state index in [-0.39, 0.29) is 10.9 Å². The molecule has 0 heterocycles. The first kappa shape index (κ1) is 21.4. The van der Waals surface area contributed by atoms with Crippen molar-refractivity contribution in [2.75, 3.05) is 6.61 Å². The highest BCUT2D eigenvalue weighted by atomic mass is 28.4. The molecule has 1 rings (SSSR count). The lowest BCUT2D eigenvalue weighted by Crippen LogP contribution is -2.47. The van der Waals surface area contributed by atoms with Crippen molar-refractivity contribution < 1.29 is 14.0 Å². The van der Waals surface area contributed by atoms with Crippen LogP contribution in [0, 0.1) is 13.8 Å². The minimum absolute atomic E-state index is 0.0948. The molecule has 0 aromatic heterocycles. The van der Waals surface area contributed by atoms with Gasteiger partial charge in [-0.15, -0.1) is 0 Å². The zero-order chi connectivity index (χ0) is 19.4. The first-order valence-corrected chi connectivity index (χ1v) is 11.6. The number of carbonyl (C=O) groups is 2. The van der Waals surface area contributed by atoms with Crippen LogP contribution >= 0.6 is 0 Å². The monoisotopic (exact) mass is 364 g/mol. The van der Waals surface area contributed by atoms with E-state index in [0.29, 0.717) is 18.6 Å². The molecule has 0 aliphatic heterocycles. The molecule has 0 radical (unpaired) electrons. The second kappa shape index (κ2) is 8.14. The van der Waals surface area contributed by atoms with Gasteiger partial charge in [0.15, 0.2) is 8.32 Å². The number of rotatable bonds is 7. The van der Waals surface area contributed by atoms with Gasteiger partial charge in [0.05, 0.1) is 0 Å². The van der Waals surface area contributed by atoms with E-state index in [0.717, 1.165) is 11.1 Å². The van der Waals surface area contributed by atoms with E-state index in [1.165, 1.54) is 0 Å². The molecule has 3 N–H and O–H groups in total. The Hall–Kier alpha value is -1.66. The van der Waals surface area contributed by atoms with Crippen molar-refractivity contribution in [3.8, 4) is 0 Å². The number of hydrogen-bond donors (Lipinski definition) is 2. The predicted octanol–water partition coefficient (Wildman–Crippen LogP) is 3.30. The van der Waals surface area contributed by atoms with E-state index in [4.69, 9.17) is 10.2 Å². The van der Waals surface area contributed by atoms with Gasteiger partial charge in [0, 0.05) is 12.2 Å². The van der Waals surface area contributed by atoms with Crippen molar-refractivity contribution in [1.82, 2.24) is 5.32 Å². The van der Waals surface area contributed by atoms with Gasteiger partial charge in [-0.3, -0.25) is 9.59 Å². The molecule has 0 saturated heterocycles. The van der Waals surface area contributed by atoms with Crippen molar-refractivity contribution in [1.29, 1.82) is 0 Å². The summed E-state index contributed by atoms with van der Waals surface area (Å²) in [7, 11) is -1.89. The summed E-state index contributed by atoms with van der Waals surface area (Å²) in [4.78, 5) is 24.1. The quantitative estimate of drug-likeness (QED) is 0.728. The smallest absolute Gasteiger partial charge is 0.251 e. The van der Waals surface area contributed by atoms with Crippen molar-refractivity contribution in [3.63, 3.8) is 0 Å². The summed E-state index contributed by atoms with van der Waals surface area (Å²) >= 11 is 0. The van der Waals surface area contributed by atoms with E-state index in [1.807, 2.05) is 19.9 Å². The van der Waals surface area contributed by atoms with Crippen LogP contribution in [0.5, 0.6) is 0 Å². The van der Waals surface area contributed by atoms with Crippen LogP contribution in [0.2, 0.25) is 18.1 Å². The number of carbonyl (C=O) groups excluding carboxylic acids is 2. The second-order valence-electron chi connectivity index (χ2n) is 8.20. The number of nitrogens with one attached hydrogen (secondary N) is 1. The Bertz CT molecular complexity index is 616. The average Bonchev–Trinajstić information content (AvgIpc) is 2.43. The zero-order valence-electron chi connectivity index (χ0n) is 16.5. The summed E-state index contributed by atoms with van der Waals surface area (Å²) in [5, 5.41) is 2.83. The van der Waals surface area contributed by atoms with Gasteiger partial charge in [-0.25, -0.2) is 0 Å². The SMILES string of the molecule is Cc1cc(C)cc(C(=O)N[C@H](CCO[Si](C)(C)C(C)(C)C)C(N)=O)c1. The van der Waals surface area contributed by atoms with Gasteiger partial charge in [-0.05, 0) is 50.5 Å². The molecule has 2 amide bonds. The molecule has 0 spiro atoms. The Morgan fingerprint density at radius 1 is 1.16 bits per heavy atom. The fourth-order valence-electron chi connectivity index (χ4n) is 2.28. The summed E-state index contributed by atoms with van der Waals surface area (Å²) in [6, 6.07) is 4.85. The van der Waals surface area contributed by atoms with E-state index < -0.39 is 20.3 Å².